The molecule has 0 aliphatic carbocycles. The second kappa shape index (κ2) is 5.01. The van der Waals surface area contributed by atoms with Crippen LogP contribution in [-0.4, -0.2) is 14.5 Å². The first-order valence-corrected chi connectivity index (χ1v) is 7.22. The van der Waals surface area contributed by atoms with Gasteiger partial charge in [-0.15, -0.1) is 0 Å². The Balaban J connectivity index is 2.34. The van der Waals surface area contributed by atoms with Gasteiger partial charge in [0.05, 0.1) is 17.5 Å². The molecule has 0 spiro atoms. The standard InChI is InChI=1S/C18H20N2O/c1-11-8-9-15(10-12(11)2)17-18(14(4)21)20-13(3)6-5-7-16(20)19-17/h5-10,14,21H,1-4H3. The molecule has 0 saturated heterocycles. The van der Waals surface area contributed by atoms with E-state index in [4.69, 9.17) is 4.98 Å². The molecule has 108 valence electrons. The van der Waals surface area contributed by atoms with E-state index in [-0.39, 0.29) is 0 Å². The third kappa shape index (κ3) is 2.24. The minimum atomic E-state index is -0.572. The summed E-state index contributed by atoms with van der Waals surface area (Å²) in [5.74, 6) is 0. The second-order valence-electron chi connectivity index (χ2n) is 5.68. The molecule has 0 aliphatic heterocycles. The maximum Gasteiger partial charge on any atom is 0.137 e. The van der Waals surface area contributed by atoms with Gasteiger partial charge in [-0.1, -0.05) is 18.2 Å². The molecule has 3 nitrogen and oxygen atoms in total. The summed E-state index contributed by atoms with van der Waals surface area (Å²) >= 11 is 0. The van der Waals surface area contributed by atoms with E-state index in [1.165, 1.54) is 11.1 Å². The first-order chi connectivity index (χ1) is 9.99. The maximum absolute atomic E-state index is 10.2. The molecule has 0 radical (unpaired) electrons. The molecule has 1 unspecified atom stereocenters. The van der Waals surface area contributed by atoms with Crippen molar-refractivity contribution in [1.82, 2.24) is 9.38 Å². The van der Waals surface area contributed by atoms with E-state index < -0.39 is 6.10 Å². The Labute approximate surface area is 124 Å². The summed E-state index contributed by atoms with van der Waals surface area (Å²) in [6.45, 7) is 8.02. The van der Waals surface area contributed by atoms with Crippen molar-refractivity contribution in [3.63, 3.8) is 0 Å². The average molecular weight is 280 g/mol. The Bertz CT molecular complexity index is 815. The molecule has 3 aromatic rings. The van der Waals surface area contributed by atoms with E-state index in [1.54, 1.807) is 6.92 Å². The van der Waals surface area contributed by atoms with Gasteiger partial charge in [0.15, 0.2) is 0 Å². The number of aliphatic hydroxyl groups excluding tert-OH is 1. The van der Waals surface area contributed by atoms with Crippen LogP contribution in [-0.2, 0) is 0 Å². The third-order valence-corrected chi connectivity index (χ3v) is 4.05. The van der Waals surface area contributed by atoms with Crippen molar-refractivity contribution in [2.45, 2.75) is 33.8 Å². The monoisotopic (exact) mass is 280 g/mol. The highest BCUT2D eigenvalue weighted by atomic mass is 16.3. The first-order valence-electron chi connectivity index (χ1n) is 7.22. The lowest BCUT2D eigenvalue weighted by Crippen LogP contribution is -2.02. The number of fused-ring (bicyclic) bond motifs is 1. The van der Waals surface area contributed by atoms with E-state index in [2.05, 4.69) is 32.0 Å². The molecular weight excluding hydrogens is 260 g/mol. The zero-order valence-corrected chi connectivity index (χ0v) is 12.9. The minimum Gasteiger partial charge on any atom is -0.387 e. The van der Waals surface area contributed by atoms with Crippen LogP contribution in [0.5, 0.6) is 0 Å². The van der Waals surface area contributed by atoms with Gasteiger partial charge in [0, 0.05) is 11.3 Å². The van der Waals surface area contributed by atoms with Gasteiger partial charge in [-0.25, -0.2) is 4.98 Å². The molecule has 0 aliphatic rings. The lowest BCUT2D eigenvalue weighted by atomic mass is 10.0. The summed E-state index contributed by atoms with van der Waals surface area (Å²) in [5, 5.41) is 10.2. The summed E-state index contributed by atoms with van der Waals surface area (Å²) in [5.41, 5.74) is 7.21. The molecule has 2 heterocycles. The number of aliphatic hydroxyl groups is 1. The predicted molar refractivity (Wildman–Crippen MR) is 85.5 cm³/mol. The molecule has 2 aromatic heterocycles. The smallest absolute Gasteiger partial charge is 0.137 e. The van der Waals surface area contributed by atoms with Crippen LogP contribution >= 0.6 is 0 Å². The topological polar surface area (TPSA) is 37.5 Å². The fraction of sp³-hybridized carbons (Fsp3) is 0.278. The summed E-state index contributed by atoms with van der Waals surface area (Å²) in [4.78, 5) is 4.74. The number of imidazole rings is 1. The number of nitrogens with zero attached hydrogens (tertiary/aromatic N) is 2. The average Bonchev–Trinajstić information content (AvgIpc) is 2.83. The van der Waals surface area contributed by atoms with E-state index in [0.717, 1.165) is 28.3 Å². The molecule has 1 N–H and O–H groups in total. The second-order valence-corrected chi connectivity index (χ2v) is 5.68. The largest absolute Gasteiger partial charge is 0.387 e. The fourth-order valence-electron chi connectivity index (χ4n) is 2.77. The van der Waals surface area contributed by atoms with Crippen LogP contribution in [0.2, 0.25) is 0 Å². The van der Waals surface area contributed by atoms with Crippen molar-refractivity contribution in [3.8, 4) is 11.3 Å². The van der Waals surface area contributed by atoms with E-state index in [9.17, 15) is 5.11 Å². The van der Waals surface area contributed by atoms with Crippen molar-refractivity contribution >= 4 is 5.65 Å². The van der Waals surface area contributed by atoms with Gasteiger partial charge in [-0.05, 0) is 57.0 Å². The molecule has 1 atom stereocenters. The van der Waals surface area contributed by atoms with Crippen LogP contribution in [0.1, 0.15) is 35.5 Å². The highest BCUT2D eigenvalue weighted by Crippen LogP contribution is 2.30. The summed E-state index contributed by atoms with van der Waals surface area (Å²) in [7, 11) is 0. The van der Waals surface area contributed by atoms with E-state index in [0.29, 0.717) is 0 Å². The highest BCUT2D eigenvalue weighted by Gasteiger charge is 2.19. The van der Waals surface area contributed by atoms with Crippen molar-refractivity contribution < 1.29 is 5.11 Å². The Morgan fingerprint density at radius 3 is 2.48 bits per heavy atom. The third-order valence-electron chi connectivity index (χ3n) is 4.05. The zero-order chi connectivity index (χ0) is 15.1. The van der Waals surface area contributed by atoms with Gasteiger partial charge in [-0.2, -0.15) is 0 Å². The molecule has 0 amide bonds. The first kappa shape index (κ1) is 13.8. The Morgan fingerprint density at radius 2 is 1.81 bits per heavy atom. The molecular formula is C18H20N2O. The normalized spacial score (nSPS) is 12.8. The summed E-state index contributed by atoms with van der Waals surface area (Å²) in [6, 6.07) is 12.3. The van der Waals surface area contributed by atoms with Crippen LogP contribution in [0, 0.1) is 20.8 Å². The van der Waals surface area contributed by atoms with Gasteiger partial charge in [-0.3, -0.25) is 4.40 Å². The van der Waals surface area contributed by atoms with E-state index >= 15 is 0 Å². The van der Waals surface area contributed by atoms with E-state index in [1.807, 2.05) is 29.5 Å². The number of aromatic nitrogens is 2. The van der Waals surface area contributed by atoms with Crippen LogP contribution in [0.15, 0.2) is 36.4 Å². The van der Waals surface area contributed by atoms with Gasteiger partial charge in [0.2, 0.25) is 0 Å². The molecule has 0 bridgehead atoms. The van der Waals surface area contributed by atoms with Crippen molar-refractivity contribution in [2.24, 2.45) is 0 Å². The summed E-state index contributed by atoms with van der Waals surface area (Å²) in [6.07, 6.45) is -0.572. The predicted octanol–water partition coefficient (Wildman–Crippen LogP) is 3.98. The van der Waals surface area contributed by atoms with Crippen molar-refractivity contribution in [3.05, 3.63) is 58.9 Å². The molecule has 3 heteroatoms. The SMILES string of the molecule is Cc1ccc(-c2nc3cccc(C)n3c2C(C)O)cc1C. The fourth-order valence-corrected chi connectivity index (χ4v) is 2.77. The molecule has 21 heavy (non-hydrogen) atoms. The molecule has 3 rings (SSSR count). The zero-order valence-electron chi connectivity index (χ0n) is 12.9. The van der Waals surface area contributed by atoms with Crippen molar-refractivity contribution in [2.75, 3.05) is 0 Å². The quantitative estimate of drug-likeness (QED) is 0.771. The number of aryl methyl sites for hydroxylation is 3. The van der Waals surface area contributed by atoms with Gasteiger partial charge in [0.25, 0.3) is 0 Å². The van der Waals surface area contributed by atoms with Crippen LogP contribution < -0.4 is 0 Å². The van der Waals surface area contributed by atoms with Gasteiger partial charge < -0.3 is 5.11 Å². The number of benzene rings is 1. The summed E-state index contributed by atoms with van der Waals surface area (Å²) < 4.78 is 2.04. The molecule has 0 saturated carbocycles. The Hall–Kier alpha value is -2.13. The number of rotatable bonds is 2. The Morgan fingerprint density at radius 1 is 1.05 bits per heavy atom. The van der Waals surface area contributed by atoms with Crippen molar-refractivity contribution in [1.29, 1.82) is 0 Å². The van der Waals surface area contributed by atoms with Crippen LogP contribution in [0.3, 0.4) is 0 Å². The molecule has 1 aromatic carbocycles. The number of hydrogen-bond acceptors (Lipinski definition) is 2. The lowest BCUT2D eigenvalue weighted by molar-refractivity contribution is 0.194. The number of pyridine rings is 1. The van der Waals surface area contributed by atoms with Crippen LogP contribution in [0.4, 0.5) is 0 Å². The van der Waals surface area contributed by atoms with Gasteiger partial charge in [0.1, 0.15) is 5.65 Å². The minimum absolute atomic E-state index is 0.572. The number of hydrogen-bond donors (Lipinski definition) is 1. The highest BCUT2D eigenvalue weighted by molar-refractivity contribution is 5.68. The lowest BCUT2D eigenvalue weighted by Gasteiger charge is -2.11. The molecule has 0 fully saturated rings. The van der Waals surface area contributed by atoms with Gasteiger partial charge >= 0.3 is 0 Å². The van der Waals surface area contributed by atoms with Crippen LogP contribution in [0.25, 0.3) is 16.9 Å². The maximum atomic E-state index is 10.2. The Kier molecular flexibility index (Phi) is 3.30.